The number of hydrogen-bond donors (Lipinski definition) is 2. The molecule has 1 atom stereocenters. The molecule has 0 spiro atoms. The lowest BCUT2D eigenvalue weighted by Crippen LogP contribution is -2.42. The molecule has 1 heterocycles. The Kier molecular flexibility index (Phi) is 7.41. The Labute approximate surface area is 141 Å². The summed E-state index contributed by atoms with van der Waals surface area (Å²) in [5, 5.41) is 13.6. The summed E-state index contributed by atoms with van der Waals surface area (Å²) in [4.78, 5) is 24.6. The molecule has 1 amide bonds. The van der Waals surface area contributed by atoms with Gasteiger partial charge in [0.15, 0.2) is 0 Å². The molecule has 1 aliphatic heterocycles. The van der Waals surface area contributed by atoms with E-state index in [1.54, 1.807) is 18.2 Å². The molecule has 1 aromatic carbocycles. The number of nitrogens with one attached hydrogen (secondary N) is 1. The van der Waals surface area contributed by atoms with Crippen LogP contribution in [0.5, 0.6) is 0 Å². The van der Waals surface area contributed by atoms with Gasteiger partial charge in [-0.05, 0) is 44.8 Å². The van der Waals surface area contributed by atoms with E-state index in [4.69, 9.17) is 5.73 Å². The Balaban J connectivity index is 0.00000264. The molecule has 0 aliphatic carbocycles. The lowest BCUT2D eigenvalue weighted by atomic mass is 9.91. The summed E-state index contributed by atoms with van der Waals surface area (Å²) < 4.78 is 0. The second kappa shape index (κ2) is 8.81. The number of anilines is 1. The molecule has 3 N–H and O–H groups in total. The summed E-state index contributed by atoms with van der Waals surface area (Å²) in [5.74, 6) is 0.281. The standard InChI is InChI=1S/C15H22N4O3.ClH/c1-11(16)12-6-8-18(9-7-12)10-15(20)17-13-4-2-3-5-14(13)19(21)22;/h2-5,11-12H,6-10,16H2,1H3,(H,17,20);1H. The largest absolute Gasteiger partial charge is 0.328 e. The first-order valence-electron chi connectivity index (χ1n) is 7.48. The third-order valence-corrected chi connectivity index (χ3v) is 4.12. The maximum atomic E-state index is 12.1. The van der Waals surface area contributed by atoms with E-state index in [1.165, 1.54) is 6.07 Å². The zero-order chi connectivity index (χ0) is 16.1. The van der Waals surface area contributed by atoms with Crippen LogP contribution >= 0.6 is 12.4 Å². The molecule has 0 saturated carbocycles. The maximum absolute atomic E-state index is 12.1. The van der Waals surface area contributed by atoms with Crippen molar-refractivity contribution < 1.29 is 9.72 Å². The van der Waals surface area contributed by atoms with E-state index in [-0.39, 0.29) is 42.3 Å². The first-order valence-corrected chi connectivity index (χ1v) is 7.48. The number of hydrogen-bond acceptors (Lipinski definition) is 5. The van der Waals surface area contributed by atoms with Crippen LogP contribution in [-0.2, 0) is 4.79 Å². The number of nitro benzene ring substituents is 1. The summed E-state index contributed by atoms with van der Waals surface area (Å²) in [5.41, 5.74) is 6.05. The molecule has 0 bridgehead atoms. The number of para-hydroxylation sites is 2. The van der Waals surface area contributed by atoms with Crippen molar-refractivity contribution in [2.75, 3.05) is 25.0 Å². The normalized spacial score (nSPS) is 17.1. The molecule has 128 valence electrons. The zero-order valence-corrected chi connectivity index (χ0v) is 13.9. The molecule has 1 aliphatic rings. The van der Waals surface area contributed by atoms with Gasteiger partial charge in [0, 0.05) is 12.1 Å². The van der Waals surface area contributed by atoms with Crippen LogP contribution in [0.15, 0.2) is 24.3 Å². The number of halogens is 1. The fourth-order valence-corrected chi connectivity index (χ4v) is 2.77. The van der Waals surface area contributed by atoms with Crippen molar-refractivity contribution >= 4 is 29.7 Å². The summed E-state index contributed by atoms with van der Waals surface area (Å²) >= 11 is 0. The summed E-state index contributed by atoms with van der Waals surface area (Å²) in [6, 6.07) is 6.34. The Hall–Kier alpha value is -1.70. The summed E-state index contributed by atoms with van der Waals surface area (Å²) in [7, 11) is 0. The molecule has 0 aromatic heterocycles. The van der Waals surface area contributed by atoms with Gasteiger partial charge < -0.3 is 11.1 Å². The van der Waals surface area contributed by atoms with Crippen LogP contribution in [0.4, 0.5) is 11.4 Å². The molecular weight excluding hydrogens is 320 g/mol. The molecular formula is C15H23ClN4O3. The second-order valence-corrected chi connectivity index (χ2v) is 5.80. The highest BCUT2D eigenvalue weighted by molar-refractivity contribution is 5.94. The van der Waals surface area contributed by atoms with E-state index < -0.39 is 4.92 Å². The fraction of sp³-hybridized carbons (Fsp3) is 0.533. The van der Waals surface area contributed by atoms with Crippen LogP contribution in [0.1, 0.15) is 19.8 Å². The van der Waals surface area contributed by atoms with Gasteiger partial charge in [0.2, 0.25) is 5.91 Å². The number of benzene rings is 1. The van der Waals surface area contributed by atoms with Crippen LogP contribution in [-0.4, -0.2) is 41.4 Å². The van der Waals surface area contributed by atoms with E-state index in [2.05, 4.69) is 10.2 Å². The molecule has 7 nitrogen and oxygen atoms in total. The molecule has 0 radical (unpaired) electrons. The van der Waals surface area contributed by atoms with Gasteiger partial charge in [0.1, 0.15) is 5.69 Å². The Morgan fingerprint density at radius 2 is 2.04 bits per heavy atom. The van der Waals surface area contributed by atoms with Crippen LogP contribution in [0.2, 0.25) is 0 Å². The third kappa shape index (κ3) is 5.46. The first-order chi connectivity index (χ1) is 10.5. The Bertz CT molecular complexity index is 545. The van der Waals surface area contributed by atoms with Crippen molar-refractivity contribution in [3.05, 3.63) is 34.4 Å². The SMILES string of the molecule is CC(N)C1CCN(CC(=O)Nc2ccccc2[N+](=O)[O-])CC1.Cl. The van der Waals surface area contributed by atoms with Gasteiger partial charge in [-0.1, -0.05) is 12.1 Å². The van der Waals surface area contributed by atoms with Crippen molar-refractivity contribution in [2.24, 2.45) is 11.7 Å². The van der Waals surface area contributed by atoms with Gasteiger partial charge in [0.25, 0.3) is 5.69 Å². The monoisotopic (exact) mass is 342 g/mol. The van der Waals surface area contributed by atoms with Crippen molar-refractivity contribution in [1.82, 2.24) is 4.90 Å². The number of carbonyl (C=O) groups excluding carboxylic acids is 1. The highest BCUT2D eigenvalue weighted by atomic mass is 35.5. The number of amides is 1. The number of likely N-dealkylation sites (tertiary alicyclic amines) is 1. The average molecular weight is 343 g/mol. The smallest absolute Gasteiger partial charge is 0.292 e. The minimum atomic E-state index is -0.496. The minimum Gasteiger partial charge on any atom is -0.328 e. The number of piperidine rings is 1. The van der Waals surface area contributed by atoms with Crippen LogP contribution in [0, 0.1) is 16.0 Å². The lowest BCUT2D eigenvalue weighted by molar-refractivity contribution is -0.383. The predicted molar refractivity (Wildman–Crippen MR) is 91.8 cm³/mol. The highest BCUT2D eigenvalue weighted by Crippen LogP contribution is 2.23. The van der Waals surface area contributed by atoms with Crippen LogP contribution in [0.25, 0.3) is 0 Å². The van der Waals surface area contributed by atoms with Gasteiger partial charge in [-0.3, -0.25) is 19.8 Å². The molecule has 1 saturated heterocycles. The topological polar surface area (TPSA) is 102 Å². The van der Waals surface area contributed by atoms with E-state index in [0.29, 0.717) is 5.92 Å². The molecule has 1 unspecified atom stereocenters. The van der Waals surface area contributed by atoms with Gasteiger partial charge in [-0.2, -0.15) is 0 Å². The minimum absolute atomic E-state index is 0. The predicted octanol–water partition coefficient (Wildman–Crippen LogP) is 2.01. The zero-order valence-electron chi connectivity index (χ0n) is 13.1. The van der Waals surface area contributed by atoms with Crippen molar-refractivity contribution in [3.63, 3.8) is 0 Å². The molecule has 23 heavy (non-hydrogen) atoms. The van der Waals surface area contributed by atoms with Gasteiger partial charge >= 0.3 is 0 Å². The number of nitrogens with two attached hydrogens (primary N) is 1. The van der Waals surface area contributed by atoms with E-state index >= 15 is 0 Å². The van der Waals surface area contributed by atoms with Gasteiger partial charge in [-0.25, -0.2) is 0 Å². The fourth-order valence-electron chi connectivity index (χ4n) is 2.77. The molecule has 1 fully saturated rings. The summed E-state index contributed by atoms with van der Waals surface area (Å²) in [6.07, 6.45) is 1.97. The van der Waals surface area contributed by atoms with Gasteiger partial charge in [-0.15, -0.1) is 12.4 Å². The summed E-state index contributed by atoms with van der Waals surface area (Å²) in [6.45, 7) is 3.92. The average Bonchev–Trinajstić information content (AvgIpc) is 2.48. The van der Waals surface area contributed by atoms with Crippen molar-refractivity contribution in [2.45, 2.75) is 25.8 Å². The number of carbonyl (C=O) groups is 1. The van der Waals surface area contributed by atoms with E-state index in [0.717, 1.165) is 25.9 Å². The third-order valence-electron chi connectivity index (χ3n) is 4.12. The second-order valence-electron chi connectivity index (χ2n) is 5.80. The maximum Gasteiger partial charge on any atom is 0.292 e. The van der Waals surface area contributed by atoms with E-state index in [1.807, 2.05) is 6.92 Å². The van der Waals surface area contributed by atoms with E-state index in [9.17, 15) is 14.9 Å². The highest BCUT2D eigenvalue weighted by Gasteiger charge is 2.23. The van der Waals surface area contributed by atoms with Crippen molar-refractivity contribution in [3.8, 4) is 0 Å². The number of nitrogens with zero attached hydrogens (tertiary/aromatic N) is 2. The van der Waals surface area contributed by atoms with Crippen LogP contribution < -0.4 is 11.1 Å². The number of nitro groups is 1. The van der Waals surface area contributed by atoms with Gasteiger partial charge in [0.05, 0.1) is 11.5 Å². The Morgan fingerprint density at radius 3 is 2.61 bits per heavy atom. The van der Waals surface area contributed by atoms with Crippen molar-refractivity contribution in [1.29, 1.82) is 0 Å². The first kappa shape index (κ1) is 19.3. The molecule has 8 heteroatoms. The molecule has 2 rings (SSSR count). The van der Waals surface area contributed by atoms with Crippen LogP contribution in [0.3, 0.4) is 0 Å². The number of rotatable bonds is 5. The molecule has 1 aromatic rings. The lowest BCUT2D eigenvalue weighted by Gasteiger charge is -2.33. The Morgan fingerprint density at radius 1 is 1.43 bits per heavy atom. The quantitative estimate of drug-likeness (QED) is 0.629.